The summed E-state index contributed by atoms with van der Waals surface area (Å²) in [5.41, 5.74) is 2.64. The van der Waals surface area contributed by atoms with Crippen LogP contribution in [0.5, 0.6) is 0 Å². The van der Waals surface area contributed by atoms with Crippen molar-refractivity contribution in [1.29, 1.82) is 0 Å². The van der Waals surface area contributed by atoms with E-state index in [4.69, 9.17) is 4.74 Å². The summed E-state index contributed by atoms with van der Waals surface area (Å²) in [6, 6.07) is 8.50. The summed E-state index contributed by atoms with van der Waals surface area (Å²) in [5, 5.41) is 0.878. The third-order valence-electron chi connectivity index (χ3n) is 3.75. The second kappa shape index (κ2) is 6.55. The van der Waals surface area contributed by atoms with Crippen molar-refractivity contribution in [3.8, 4) is 0 Å². The van der Waals surface area contributed by atoms with Crippen LogP contribution in [0.3, 0.4) is 0 Å². The number of aryl methyl sites for hydroxylation is 1. The minimum absolute atomic E-state index is 0.205. The third kappa shape index (κ3) is 3.56. The Morgan fingerprint density at radius 3 is 2.71 bits per heavy atom. The molecule has 0 aromatic heterocycles. The molecule has 1 nitrogen and oxygen atoms in total. The number of alkyl halides is 1. The predicted octanol–water partition coefficient (Wildman–Crippen LogP) is 4.64. The highest BCUT2D eigenvalue weighted by atomic mass is 79.9. The minimum atomic E-state index is 0.205. The van der Waals surface area contributed by atoms with Crippen LogP contribution >= 0.6 is 15.9 Å². The van der Waals surface area contributed by atoms with Crippen LogP contribution in [-0.2, 0) is 4.74 Å². The van der Waals surface area contributed by atoms with Gasteiger partial charge in [-0.25, -0.2) is 0 Å². The van der Waals surface area contributed by atoms with E-state index in [9.17, 15) is 0 Å². The van der Waals surface area contributed by atoms with Gasteiger partial charge in [-0.3, -0.25) is 0 Å². The lowest BCUT2D eigenvalue weighted by Gasteiger charge is -2.26. The van der Waals surface area contributed by atoms with Crippen molar-refractivity contribution in [1.82, 2.24) is 0 Å². The molecule has 0 bridgehead atoms. The summed E-state index contributed by atoms with van der Waals surface area (Å²) < 4.78 is 6.02. The SMILES string of the molecule is Cc1ccccc1C(CBr)OCCC1CCC1. The van der Waals surface area contributed by atoms with Crippen molar-refractivity contribution in [3.05, 3.63) is 35.4 Å². The maximum absolute atomic E-state index is 6.02. The fourth-order valence-electron chi connectivity index (χ4n) is 2.32. The van der Waals surface area contributed by atoms with E-state index in [-0.39, 0.29) is 6.10 Å². The van der Waals surface area contributed by atoms with E-state index in [1.54, 1.807) is 0 Å². The lowest BCUT2D eigenvalue weighted by atomic mass is 9.83. The molecular weight excluding hydrogens is 276 g/mol. The van der Waals surface area contributed by atoms with Gasteiger partial charge in [0.05, 0.1) is 6.10 Å². The minimum Gasteiger partial charge on any atom is -0.373 e. The lowest BCUT2D eigenvalue weighted by Crippen LogP contribution is -2.15. The zero-order valence-corrected chi connectivity index (χ0v) is 12.1. The predicted molar refractivity (Wildman–Crippen MR) is 75.6 cm³/mol. The molecule has 0 heterocycles. The fourth-order valence-corrected chi connectivity index (χ4v) is 2.86. The van der Waals surface area contributed by atoms with E-state index >= 15 is 0 Å². The molecule has 0 saturated heterocycles. The topological polar surface area (TPSA) is 9.23 Å². The first-order valence-corrected chi connectivity index (χ1v) is 7.66. The standard InChI is InChI=1S/C15H21BrO/c1-12-5-2-3-8-14(12)15(11-16)17-10-9-13-6-4-7-13/h2-3,5,8,13,15H,4,6-7,9-11H2,1H3. The van der Waals surface area contributed by atoms with Crippen molar-refractivity contribution in [2.75, 3.05) is 11.9 Å². The Hall–Kier alpha value is -0.340. The maximum Gasteiger partial charge on any atom is 0.0924 e. The van der Waals surface area contributed by atoms with Crippen LogP contribution < -0.4 is 0 Å². The molecule has 1 fully saturated rings. The average molecular weight is 297 g/mol. The highest BCUT2D eigenvalue weighted by molar-refractivity contribution is 9.09. The number of hydrogen-bond donors (Lipinski definition) is 0. The molecule has 94 valence electrons. The normalized spacial score (nSPS) is 17.8. The Kier molecular flexibility index (Phi) is 5.05. The van der Waals surface area contributed by atoms with E-state index in [1.807, 2.05) is 0 Å². The number of halogens is 1. The van der Waals surface area contributed by atoms with Gasteiger partial charge in [0.15, 0.2) is 0 Å². The summed E-state index contributed by atoms with van der Waals surface area (Å²) in [7, 11) is 0. The number of ether oxygens (including phenoxy) is 1. The summed E-state index contributed by atoms with van der Waals surface area (Å²) in [6.45, 7) is 3.05. The van der Waals surface area contributed by atoms with Crippen molar-refractivity contribution < 1.29 is 4.74 Å². The Morgan fingerprint density at radius 2 is 2.12 bits per heavy atom. The van der Waals surface area contributed by atoms with Crippen molar-refractivity contribution >= 4 is 15.9 Å². The summed E-state index contributed by atoms with van der Waals surface area (Å²) in [5.74, 6) is 0.933. The Labute approximate surface area is 113 Å². The zero-order chi connectivity index (χ0) is 12.1. The molecule has 1 unspecified atom stereocenters. The molecule has 1 saturated carbocycles. The van der Waals surface area contributed by atoms with Crippen LogP contribution in [0.2, 0.25) is 0 Å². The van der Waals surface area contributed by atoms with Crippen LogP contribution in [0.25, 0.3) is 0 Å². The molecule has 0 spiro atoms. The zero-order valence-electron chi connectivity index (χ0n) is 10.5. The largest absolute Gasteiger partial charge is 0.373 e. The molecule has 2 heteroatoms. The van der Waals surface area contributed by atoms with E-state index < -0.39 is 0 Å². The first kappa shape index (κ1) is 13.1. The quantitative estimate of drug-likeness (QED) is 0.695. The molecule has 1 atom stereocenters. The molecule has 2 rings (SSSR count). The van der Waals surface area contributed by atoms with Crippen LogP contribution in [0.4, 0.5) is 0 Å². The average Bonchev–Trinajstić information content (AvgIpc) is 2.28. The number of rotatable bonds is 6. The highest BCUT2D eigenvalue weighted by Gasteiger charge is 2.18. The molecule has 17 heavy (non-hydrogen) atoms. The van der Waals surface area contributed by atoms with Crippen LogP contribution in [0.15, 0.2) is 24.3 Å². The Morgan fingerprint density at radius 1 is 1.35 bits per heavy atom. The van der Waals surface area contributed by atoms with Gasteiger partial charge in [0.1, 0.15) is 0 Å². The highest BCUT2D eigenvalue weighted by Crippen LogP contribution is 2.30. The van der Waals surface area contributed by atoms with Gasteiger partial charge in [0.25, 0.3) is 0 Å². The smallest absolute Gasteiger partial charge is 0.0924 e. The molecule has 1 aromatic carbocycles. The van der Waals surface area contributed by atoms with Gasteiger partial charge < -0.3 is 4.74 Å². The summed E-state index contributed by atoms with van der Waals surface area (Å²) >= 11 is 3.56. The van der Waals surface area contributed by atoms with Gasteiger partial charge in [0, 0.05) is 11.9 Å². The molecule has 1 aliphatic rings. The number of hydrogen-bond acceptors (Lipinski definition) is 1. The maximum atomic E-state index is 6.02. The Balaban J connectivity index is 1.85. The van der Waals surface area contributed by atoms with Gasteiger partial charge >= 0.3 is 0 Å². The third-order valence-corrected chi connectivity index (χ3v) is 4.33. The van der Waals surface area contributed by atoms with Gasteiger partial charge in [0.2, 0.25) is 0 Å². The number of benzene rings is 1. The van der Waals surface area contributed by atoms with E-state index in [2.05, 4.69) is 47.1 Å². The van der Waals surface area contributed by atoms with E-state index in [0.717, 1.165) is 17.9 Å². The molecule has 1 aliphatic carbocycles. The second-order valence-electron chi connectivity index (χ2n) is 4.96. The van der Waals surface area contributed by atoms with Gasteiger partial charge in [-0.05, 0) is 30.4 Å². The van der Waals surface area contributed by atoms with Crippen LogP contribution in [0, 0.1) is 12.8 Å². The lowest BCUT2D eigenvalue weighted by molar-refractivity contribution is 0.0517. The Bertz CT molecular complexity index is 347. The molecule has 0 amide bonds. The summed E-state index contributed by atoms with van der Waals surface area (Å²) in [4.78, 5) is 0. The summed E-state index contributed by atoms with van der Waals surface area (Å²) in [6.07, 6.45) is 5.68. The van der Waals surface area contributed by atoms with Crippen LogP contribution in [0.1, 0.15) is 42.9 Å². The molecule has 0 N–H and O–H groups in total. The second-order valence-corrected chi connectivity index (χ2v) is 5.60. The molecule has 1 aromatic rings. The van der Waals surface area contributed by atoms with Crippen LogP contribution in [-0.4, -0.2) is 11.9 Å². The first-order chi connectivity index (χ1) is 8.31. The van der Waals surface area contributed by atoms with Crippen molar-refractivity contribution in [3.63, 3.8) is 0 Å². The molecule has 0 radical (unpaired) electrons. The van der Waals surface area contributed by atoms with Crippen molar-refractivity contribution in [2.24, 2.45) is 5.92 Å². The molecule has 0 aliphatic heterocycles. The van der Waals surface area contributed by atoms with Gasteiger partial charge in [-0.1, -0.05) is 59.5 Å². The van der Waals surface area contributed by atoms with E-state index in [0.29, 0.717) is 0 Å². The van der Waals surface area contributed by atoms with Gasteiger partial charge in [-0.15, -0.1) is 0 Å². The van der Waals surface area contributed by atoms with E-state index in [1.165, 1.54) is 36.8 Å². The fraction of sp³-hybridized carbons (Fsp3) is 0.600. The van der Waals surface area contributed by atoms with Crippen molar-refractivity contribution in [2.45, 2.75) is 38.7 Å². The molecular formula is C15H21BrO. The first-order valence-electron chi connectivity index (χ1n) is 6.54. The van der Waals surface area contributed by atoms with Gasteiger partial charge in [-0.2, -0.15) is 0 Å². The monoisotopic (exact) mass is 296 g/mol.